The van der Waals surface area contributed by atoms with E-state index in [1.54, 1.807) is 30.3 Å². The smallest absolute Gasteiger partial charge is 0.292 e. The lowest BCUT2D eigenvalue weighted by Gasteiger charge is -2.24. The normalized spacial score (nSPS) is 18.9. The monoisotopic (exact) mass is 388 g/mol. The first-order valence-electron chi connectivity index (χ1n) is 9.14. The predicted octanol–water partition coefficient (Wildman–Crippen LogP) is 2.76. The summed E-state index contributed by atoms with van der Waals surface area (Å²) in [6.07, 6.45) is 4.68. The van der Waals surface area contributed by atoms with E-state index in [-0.39, 0.29) is 17.8 Å². The number of ketones is 2. The molecular formula is C21H25ClN2O3. The van der Waals surface area contributed by atoms with Crippen LogP contribution >= 0.6 is 11.6 Å². The van der Waals surface area contributed by atoms with Gasteiger partial charge in [-0.3, -0.25) is 14.4 Å². The number of halogens is 1. The van der Waals surface area contributed by atoms with Gasteiger partial charge in [-0.2, -0.15) is 0 Å². The fraction of sp³-hybridized carbons (Fsp3) is 0.381. The van der Waals surface area contributed by atoms with E-state index in [2.05, 4.69) is 10.2 Å². The first-order chi connectivity index (χ1) is 12.9. The molecule has 1 unspecified atom stereocenters. The number of likely N-dealkylation sites (N-methyl/N-ethyl adjacent to an activating group) is 1. The van der Waals surface area contributed by atoms with Crippen molar-refractivity contribution in [3.8, 4) is 0 Å². The van der Waals surface area contributed by atoms with E-state index < -0.39 is 16.6 Å². The first-order valence-corrected chi connectivity index (χ1v) is 9.52. The maximum Gasteiger partial charge on any atom is 0.292 e. The summed E-state index contributed by atoms with van der Waals surface area (Å²) >= 11 is 6.46. The van der Waals surface area contributed by atoms with Crippen LogP contribution in [0.1, 0.15) is 30.6 Å². The Hall–Kier alpha value is -2.24. The van der Waals surface area contributed by atoms with Crippen LogP contribution in [0.3, 0.4) is 0 Å². The minimum atomic E-state index is -1.23. The Bertz CT molecular complexity index is 754. The van der Waals surface area contributed by atoms with Crippen LogP contribution in [-0.4, -0.2) is 53.4 Å². The quantitative estimate of drug-likeness (QED) is 0.401. The van der Waals surface area contributed by atoms with E-state index in [1.807, 2.05) is 19.9 Å². The van der Waals surface area contributed by atoms with Crippen LogP contribution in [0.25, 0.3) is 0 Å². The molecule has 1 amide bonds. The second kappa shape index (κ2) is 9.62. The topological polar surface area (TPSA) is 66.5 Å². The highest BCUT2D eigenvalue weighted by atomic mass is 35.5. The number of amides is 1. The van der Waals surface area contributed by atoms with E-state index in [1.165, 1.54) is 12.2 Å². The van der Waals surface area contributed by atoms with Gasteiger partial charge in [-0.05, 0) is 19.5 Å². The number of rotatable bonds is 9. The number of nitrogens with zero attached hydrogens (tertiary/aromatic N) is 1. The average Bonchev–Trinajstić information content (AvgIpc) is 2.71. The Balaban J connectivity index is 1.94. The number of Topliss-reactive ketones (excluding diaryl/α,β-unsaturated/α-hetero) is 2. The lowest BCUT2D eigenvalue weighted by molar-refractivity contribution is -0.135. The molecule has 1 aromatic rings. The number of carbonyl (C=O) groups excluding carboxylic acids is 3. The van der Waals surface area contributed by atoms with Crippen molar-refractivity contribution in [3.05, 3.63) is 59.7 Å². The summed E-state index contributed by atoms with van der Waals surface area (Å²) in [4.78, 5) is 37.9. The number of alkyl halides is 1. The molecule has 1 N–H and O–H groups in total. The van der Waals surface area contributed by atoms with Crippen LogP contribution in [0.4, 0.5) is 0 Å². The lowest BCUT2D eigenvalue weighted by Crippen LogP contribution is -2.39. The highest BCUT2D eigenvalue weighted by molar-refractivity contribution is 6.44. The molecule has 27 heavy (non-hydrogen) atoms. The Labute approximate surface area is 165 Å². The molecule has 6 heteroatoms. The number of allylic oxidation sites excluding steroid dienone is 3. The molecule has 1 atom stereocenters. The van der Waals surface area contributed by atoms with Crippen LogP contribution in [0.15, 0.2) is 54.1 Å². The molecule has 0 aliphatic heterocycles. The van der Waals surface area contributed by atoms with Crippen molar-refractivity contribution in [2.24, 2.45) is 0 Å². The molecule has 5 nitrogen and oxygen atoms in total. The van der Waals surface area contributed by atoms with Gasteiger partial charge in [0.15, 0.2) is 5.78 Å². The second-order valence-electron chi connectivity index (χ2n) is 6.37. The molecule has 144 valence electrons. The molecule has 2 rings (SSSR count). The number of hydrogen-bond acceptors (Lipinski definition) is 4. The van der Waals surface area contributed by atoms with Gasteiger partial charge in [0, 0.05) is 24.2 Å². The molecule has 0 aromatic heterocycles. The van der Waals surface area contributed by atoms with E-state index >= 15 is 0 Å². The van der Waals surface area contributed by atoms with Crippen molar-refractivity contribution >= 4 is 29.1 Å². The van der Waals surface area contributed by atoms with Crippen LogP contribution < -0.4 is 5.32 Å². The summed E-state index contributed by atoms with van der Waals surface area (Å²) in [6, 6.07) is 8.77. The molecule has 0 spiro atoms. The zero-order chi connectivity index (χ0) is 19.9. The van der Waals surface area contributed by atoms with Gasteiger partial charge in [-0.25, -0.2) is 0 Å². The van der Waals surface area contributed by atoms with Crippen molar-refractivity contribution in [3.63, 3.8) is 0 Å². The Morgan fingerprint density at radius 3 is 2.37 bits per heavy atom. The van der Waals surface area contributed by atoms with Crippen LogP contribution in [0, 0.1) is 0 Å². The molecule has 0 bridgehead atoms. The van der Waals surface area contributed by atoms with Gasteiger partial charge in [0.1, 0.15) is 4.87 Å². The van der Waals surface area contributed by atoms with Crippen LogP contribution in [0.2, 0.25) is 0 Å². The molecule has 1 aliphatic rings. The molecule has 0 saturated carbocycles. The van der Waals surface area contributed by atoms with Crippen molar-refractivity contribution in [2.75, 3.05) is 26.2 Å². The van der Waals surface area contributed by atoms with Gasteiger partial charge >= 0.3 is 0 Å². The maximum atomic E-state index is 12.6. The third-order valence-corrected chi connectivity index (χ3v) is 5.09. The molecule has 0 heterocycles. The molecule has 0 saturated heterocycles. The molecular weight excluding hydrogens is 364 g/mol. The molecule has 1 aromatic carbocycles. The number of carbonyl (C=O) groups is 3. The average molecular weight is 389 g/mol. The standard InChI is InChI=1S/C21H25ClN2O3/c1-3-24(4-2)15-14-23-20(27)18(25)16-10-12-21(22,13-11-16)19(26)17-8-6-5-7-9-17/h5-12H,3-4,13-15H2,1-2H3,(H,23,27). The summed E-state index contributed by atoms with van der Waals surface area (Å²) in [6.45, 7) is 6.97. The zero-order valence-electron chi connectivity index (χ0n) is 15.7. The minimum absolute atomic E-state index is 0.159. The summed E-state index contributed by atoms with van der Waals surface area (Å²) in [5.41, 5.74) is 0.766. The van der Waals surface area contributed by atoms with Gasteiger partial charge in [0.25, 0.3) is 5.91 Å². The SMILES string of the molecule is CCN(CC)CCNC(=O)C(=O)C1=CCC(Cl)(C(=O)c2ccccc2)C=C1. The van der Waals surface area contributed by atoms with E-state index in [4.69, 9.17) is 11.6 Å². The minimum Gasteiger partial charge on any atom is -0.348 e. The fourth-order valence-electron chi connectivity index (χ4n) is 2.86. The van der Waals surface area contributed by atoms with Gasteiger partial charge in [0.2, 0.25) is 5.78 Å². The molecule has 1 aliphatic carbocycles. The highest BCUT2D eigenvalue weighted by Crippen LogP contribution is 2.31. The Morgan fingerprint density at radius 2 is 1.81 bits per heavy atom. The predicted molar refractivity (Wildman–Crippen MR) is 107 cm³/mol. The zero-order valence-corrected chi connectivity index (χ0v) is 16.5. The summed E-state index contributed by atoms with van der Waals surface area (Å²) in [5.74, 6) is -1.49. The Morgan fingerprint density at radius 1 is 1.15 bits per heavy atom. The number of hydrogen-bond donors (Lipinski definition) is 1. The molecule has 0 fully saturated rings. The highest BCUT2D eigenvalue weighted by Gasteiger charge is 2.36. The van der Waals surface area contributed by atoms with Crippen molar-refractivity contribution in [1.29, 1.82) is 0 Å². The van der Waals surface area contributed by atoms with Crippen LogP contribution in [-0.2, 0) is 9.59 Å². The lowest BCUT2D eigenvalue weighted by atomic mass is 9.87. The van der Waals surface area contributed by atoms with E-state index in [0.717, 1.165) is 13.1 Å². The summed E-state index contributed by atoms with van der Waals surface area (Å²) < 4.78 is 0. The summed E-state index contributed by atoms with van der Waals surface area (Å²) in [7, 11) is 0. The number of benzene rings is 1. The maximum absolute atomic E-state index is 12.6. The van der Waals surface area contributed by atoms with Crippen LogP contribution in [0.5, 0.6) is 0 Å². The van der Waals surface area contributed by atoms with Crippen molar-refractivity contribution in [1.82, 2.24) is 10.2 Å². The Kier molecular flexibility index (Phi) is 7.51. The number of nitrogens with one attached hydrogen (secondary N) is 1. The van der Waals surface area contributed by atoms with Crippen molar-refractivity contribution < 1.29 is 14.4 Å². The third-order valence-electron chi connectivity index (χ3n) is 4.64. The third kappa shape index (κ3) is 5.37. The van der Waals surface area contributed by atoms with E-state index in [0.29, 0.717) is 18.7 Å². The van der Waals surface area contributed by atoms with Gasteiger partial charge in [-0.15, -0.1) is 11.6 Å². The van der Waals surface area contributed by atoms with E-state index in [9.17, 15) is 14.4 Å². The summed E-state index contributed by atoms with van der Waals surface area (Å²) in [5, 5.41) is 2.64. The fourth-order valence-corrected chi connectivity index (χ4v) is 3.11. The largest absolute Gasteiger partial charge is 0.348 e. The van der Waals surface area contributed by atoms with Gasteiger partial charge in [-0.1, -0.05) is 62.4 Å². The van der Waals surface area contributed by atoms with Gasteiger partial charge in [0.05, 0.1) is 0 Å². The molecule has 0 radical (unpaired) electrons. The first kappa shape index (κ1) is 21.1. The van der Waals surface area contributed by atoms with Gasteiger partial charge < -0.3 is 10.2 Å². The van der Waals surface area contributed by atoms with Crippen molar-refractivity contribution in [2.45, 2.75) is 25.1 Å². The second-order valence-corrected chi connectivity index (χ2v) is 7.04.